The van der Waals surface area contributed by atoms with Crippen LogP contribution in [0.15, 0.2) is 12.4 Å². The van der Waals surface area contributed by atoms with E-state index in [2.05, 4.69) is 66.1 Å². The van der Waals surface area contributed by atoms with Gasteiger partial charge in [-0.3, -0.25) is 19.2 Å². The van der Waals surface area contributed by atoms with Crippen LogP contribution in [0.3, 0.4) is 0 Å². The Morgan fingerprint density at radius 1 is 0.571 bits per heavy atom. The Balaban J connectivity index is 0.958. The summed E-state index contributed by atoms with van der Waals surface area (Å²) in [5, 5.41) is 35.8. The van der Waals surface area contributed by atoms with E-state index in [1.54, 1.807) is 15.6 Å². The summed E-state index contributed by atoms with van der Waals surface area (Å²) >= 11 is 0. The molecule has 2 fully saturated rings. The van der Waals surface area contributed by atoms with E-state index < -0.39 is 6.04 Å². The van der Waals surface area contributed by atoms with E-state index in [0.717, 1.165) is 147 Å². The maximum Gasteiger partial charge on any atom is 0.244 e. The number of piperazine rings is 2. The summed E-state index contributed by atoms with van der Waals surface area (Å²) in [5.74, 6) is 4.83. The molecular formula is C65H114N18O8. The molecule has 0 aliphatic carbocycles. The molecule has 3 aromatic heterocycles. The fourth-order valence-corrected chi connectivity index (χ4v) is 11.2. The number of unbranched alkanes of at least 4 members (excludes halogenated alkanes) is 16. The second-order valence-corrected chi connectivity index (χ2v) is 24.3. The Kier molecular flexibility index (Phi) is 38.9. The van der Waals surface area contributed by atoms with Crippen molar-refractivity contribution in [1.82, 2.24) is 65.4 Å². The van der Waals surface area contributed by atoms with E-state index >= 15 is 0 Å². The predicted octanol–water partition coefficient (Wildman–Crippen LogP) is 5.56. The molecule has 2 saturated heterocycles. The van der Waals surface area contributed by atoms with Crippen LogP contribution in [0.25, 0.3) is 0 Å². The van der Waals surface area contributed by atoms with Gasteiger partial charge in [0.25, 0.3) is 0 Å². The molecule has 2 aliphatic heterocycles. The lowest BCUT2D eigenvalue weighted by atomic mass is 10.0. The molecule has 5 rings (SSSR count). The molecule has 2 aliphatic rings. The molecule has 3 aromatic rings. The summed E-state index contributed by atoms with van der Waals surface area (Å²) < 4.78 is 20.0. The van der Waals surface area contributed by atoms with E-state index in [0.29, 0.717) is 180 Å². The molecule has 512 valence electrons. The van der Waals surface area contributed by atoms with E-state index in [4.69, 9.17) is 47.1 Å². The Morgan fingerprint density at radius 2 is 1.01 bits per heavy atom. The number of anilines is 3. The largest absolute Gasteiger partial charge is 0.396 e. The molecule has 0 saturated carbocycles. The van der Waals surface area contributed by atoms with Crippen molar-refractivity contribution < 1.29 is 38.5 Å². The van der Waals surface area contributed by atoms with Gasteiger partial charge in [-0.25, -0.2) is 9.36 Å². The van der Waals surface area contributed by atoms with Crippen molar-refractivity contribution in [2.45, 2.75) is 199 Å². The standard InChI is InChI=1S/C65H114N18O8/c1-4-45-89-47-49-91-50-48-90-46-35-70-63-71-64(80-40-36-78(37-41-80)59(85)28-18-14-10-6-8-12-16-24-33-68-61(87)57(26-20-22-31-66)82-52-55(30-44-84)74-76-82)73-65(72-63)81-42-38-79(39-43-81)60(86)29-19-15-11-7-9-13-17-25-34-69-62(88)58(27-21-23-32-67)83-53-56(75-77-83)51-54(3)5-2/h1,52-54,57-58,84H,5-51,66-67H2,2-3H3,(H,68,87)(H,69,88)(H,70,71,72,73)/t54-,57-,58-/m0/s1. The molecule has 26 nitrogen and oxygen atoms in total. The van der Waals surface area contributed by atoms with Crippen LogP contribution in [0.5, 0.6) is 0 Å². The lowest BCUT2D eigenvalue weighted by molar-refractivity contribution is -0.132. The Labute approximate surface area is 542 Å². The lowest BCUT2D eigenvalue weighted by Crippen LogP contribution is -2.50. The molecule has 26 heteroatoms. The molecule has 4 amide bonds. The van der Waals surface area contributed by atoms with Crippen LogP contribution in [0.2, 0.25) is 0 Å². The van der Waals surface area contributed by atoms with Crippen LogP contribution >= 0.6 is 0 Å². The topological polar surface area (TPSA) is 317 Å². The van der Waals surface area contributed by atoms with Gasteiger partial charge >= 0.3 is 0 Å². The summed E-state index contributed by atoms with van der Waals surface area (Å²) in [7, 11) is 0. The maximum absolute atomic E-state index is 13.4. The smallest absolute Gasteiger partial charge is 0.244 e. The van der Waals surface area contributed by atoms with Gasteiger partial charge in [0.15, 0.2) is 0 Å². The molecule has 3 atom stereocenters. The third-order valence-electron chi connectivity index (χ3n) is 17.0. The molecule has 0 unspecified atom stereocenters. The molecule has 5 heterocycles. The van der Waals surface area contributed by atoms with E-state index in [1.807, 2.05) is 16.0 Å². The molecule has 0 spiro atoms. The lowest BCUT2D eigenvalue weighted by Gasteiger charge is -2.36. The minimum atomic E-state index is -0.441. The normalized spacial score (nSPS) is 14.5. The van der Waals surface area contributed by atoms with Gasteiger partial charge in [0.2, 0.25) is 41.5 Å². The number of ether oxygens (including phenoxy) is 3. The minimum absolute atomic E-state index is 0.0000305. The van der Waals surface area contributed by atoms with Gasteiger partial charge in [0, 0.05) is 110 Å². The van der Waals surface area contributed by atoms with Crippen molar-refractivity contribution in [3.05, 3.63) is 23.8 Å². The second-order valence-electron chi connectivity index (χ2n) is 24.3. The SMILES string of the molecule is C#CCOCCOCCOCCNc1nc(N2CCN(C(=O)CCCCCCCCCCNC(=O)[C@H](CCCCN)n3cc(CCO)nn3)CC2)nc(N2CCN(C(=O)CCCCCCCCCCNC(=O)[C@H](CCCCN)n3cc(C[C@@H](C)CC)nn3)CC2)n1. The molecule has 8 N–H and O–H groups in total. The van der Waals surface area contributed by atoms with Crippen LogP contribution in [-0.2, 0) is 46.2 Å². The predicted molar refractivity (Wildman–Crippen MR) is 354 cm³/mol. The van der Waals surface area contributed by atoms with E-state index in [1.165, 1.54) is 0 Å². The monoisotopic (exact) mass is 1270 g/mol. The van der Waals surface area contributed by atoms with Gasteiger partial charge in [-0.2, -0.15) is 15.0 Å². The first-order valence-electron chi connectivity index (χ1n) is 34.7. The van der Waals surface area contributed by atoms with Gasteiger partial charge in [-0.05, 0) is 89.6 Å². The van der Waals surface area contributed by atoms with Crippen molar-refractivity contribution in [3.8, 4) is 12.3 Å². The first-order valence-corrected chi connectivity index (χ1v) is 34.7. The van der Waals surface area contributed by atoms with Gasteiger partial charge < -0.3 is 66.3 Å². The molecule has 0 bridgehead atoms. The average Bonchev–Trinajstić information content (AvgIpc) is 1.85. The number of hydrogen-bond donors (Lipinski definition) is 6. The van der Waals surface area contributed by atoms with Gasteiger partial charge in [0.05, 0.1) is 44.4 Å². The summed E-state index contributed by atoms with van der Waals surface area (Å²) in [4.78, 5) is 76.0. The van der Waals surface area contributed by atoms with Crippen molar-refractivity contribution in [3.63, 3.8) is 0 Å². The summed E-state index contributed by atoms with van der Waals surface area (Å²) in [6.07, 6.45) is 33.7. The summed E-state index contributed by atoms with van der Waals surface area (Å²) in [6.45, 7) is 14.5. The number of aliphatic hydroxyl groups is 1. The number of amides is 4. The minimum Gasteiger partial charge on any atom is -0.396 e. The Hall–Kier alpha value is -6.11. The summed E-state index contributed by atoms with van der Waals surface area (Å²) in [5.41, 5.74) is 13.0. The number of terminal acetylenes is 1. The fourth-order valence-electron chi connectivity index (χ4n) is 11.2. The first kappa shape index (κ1) is 75.6. The van der Waals surface area contributed by atoms with Crippen LogP contribution in [0.4, 0.5) is 17.8 Å². The summed E-state index contributed by atoms with van der Waals surface area (Å²) in [6, 6.07) is -0.812. The van der Waals surface area contributed by atoms with Crippen molar-refractivity contribution >= 4 is 41.5 Å². The van der Waals surface area contributed by atoms with Gasteiger partial charge in [0.1, 0.15) is 18.7 Å². The van der Waals surface area contributed by atoms with Gasteiger partial charge in [-0.15, -0.1) is 16.6 Å². The zero-order chi connectivity index (χ0) is 64.9. The number of nitrogens with zero attached hydrogens (tertiary/aromatic N) is 13. The third kappa shape index (κ3) is 30.5. The molecule has 91 heavy (non-hydrogen) atoms. The molecular weight excluding hydrogens is 1160 g/mol. The highest BCUT2D eigenvalue weighted by Crippen LogP contribution is 2.23. The van der Waals surface area contributed by atoms with Crippen LogP contribution in [0, 0.1) is 18.3 Å². The number of hydrogen-bond acceptors (Lipinski definition) is 20. The number of carbonyl (C=O) groups is 4. The highest BCUT2D eigenvalue weighted by molar-refractivity contribution is 5.80. The quantitative estimate of drug-likeness (QED) is 0.0297. The van der Waals surface area contributed by atoms with Crippen molar-refractivity contribution in [1.29, 1.82) is 0 Å². The van der Waals surface area contributed by atoms with Gasteiger partial charge in [-0.1, -0.05) is 114 Å². The highest BCUT2D eigenvalue weighted by atomic mass is 16.5. The maximum atomic E-state index is 13.4. The number of aromatic nitrogens is 9. The third-order valence-corrected chi connectivity index (χ3v) is 17.0. The van der Waals surface area contributed by atoms with Crippen molar-refractivity contribution in [2.75, 3.05) is 146 Å². The van der Waals surface area contributed by atoms with Crippen LogP contribution < -0.4 is 37.2 Å². The number of carbonyl (C=O) groups excluding carboxylic acids is 4. The molecule has 0 radical (unpaired) electrons. The zero-order valence-electron chi connectivity index (χ0n) is 55.5. The molecule has 0 aromatic carbocycles. The van der Waals surface area contributed by atoms with Crippen molar-refractivity contribution in [2.24, 2.45) is 17.4 Å². The Morgan fingerprint density at radius 3 is 1.47 bits per heavy atom. The number of aliphatic hydroxyl groups excluding tert-OH is 1. The van der Waals surface area contributed by atoms with Crippen LogP contribution in [-0.4, -0.2) is 215 Å². The highest BCUT2D eigenvalue weighted by Gasteiger charge is 2.28. The first-order chi connectivity index (χ1) is 44.6. The average molecular weight is 1280 g/mol. The van der Waals surface area contributed by atoms with Crippen LogP contribution in [0.1, 0.15) is 198 Å². The number of rotatable bonds is 52. The number of nitrogens with two attached hydrogens (primary N) is 2. The van der Waals surface area contributed by atoms with E-state index in [9.17, 15) is 24.3 Å². The van der Waals surface area contributed by atoms with E-state index in [-0.39, 0.29) is 42.9 Å². The Bertz CT molecular complexity index is 2480. The number of nitrogens with one attached hydrogen (secondary N) is 3. The second kappa shape index (κ2) is 46.9. The zero-order valence-corrected chi connectivity index (χ0v) is 55.5. The fraction of sp³-hybridized carbons (Fsp3) is 0.800.